The number of hydrogen-bond acceptors (Lipinski definition) is 3. The molecule has 1 saturated heterocycles. The molecule has 0 aromatic heterocycles. The molecular formula is C13H18N2O2. The largest absolute Gasteiger partial charge is 0.484 e. The number of likely N-dealkylation sites (tertiary alicyclic amines) is 1. The van der Waals surface area contributed by atoms with Gasteiger partial charge in [0.1, 0.15) is 5.75 Å². The van der Waals surface area contributed by atoms with Crippen LogP contribution in [0.2, 0.25) is 0 Å². The Balaban J connectivity index is 1.71. The third kappa shape index (κ3) is 3.75. The lowest BCUT2D eigenvalue weighted by atomic mass is 10.2. The summed E-state index contributed by atoms with van der Waals surface area (Å²) in [5, 5.41) is 2.97. The van der Waals surface area contributed by atoms with E-state index in [4.69, 9.17) is 4.74 Å². The SMILES string of the molecule is CN1CCC(NC(=O)COc2ccccc2)C1. The third-order valence-electron chi connectivity index (χ3n) is 2.87. The van der Waals surface area contributed by atoms with Crippen molar-refractivity contribution < 1.29 is 9.53 Å². The fourth-order valence-electron chi connectivity index (χ4n) is 1.99. The average molecular weight is 234 g/mol. The van der Waals surface area contributed by atoms with Crippen LogP contribution in [0.5, 0.6) is 5.75 Å². The van der Waals surface area contributed by atoms with Gasteiger partial charge >= 0.3 is 0 Å². The molecule has 17 heavy (non-hydrogen) atoms. The van der Waals surface area contributed by atoms with Crippen molar-refractivity contribution in [2.24, 2.45) is 0 Å². The van der Waals surface area contributed by atoms with E-state index in [-0.39, 0.29) is 18.6 Å². The summed E-state index contributed by atoms with van der Waals surface area (Å²) in [6.45, 7) is 2.06. The van der Waals surface area contributed by atoms with Gasteiger partial charge < -0.3 is 15.0 Å². The molecule has 4 nitrogen and oxygen atoms in total. The van der Waals surface area contributed by atoms with Gasteiger partial charge in [0, 0.05) is 12.6 Å². The lowest BCUT2D eigenvalue weighted by molar-refractivity contribution is -0.123. The van der Waals surface area contributed by atoms with Crippen LogP contribution < -0.4 is 10.1 Å². The first-order valence-corrected chi connectivity index (χ1v) is 5.90. The van der Waals surface area contributed by atoms with E-state index in [0.29, 0.717) is 0 Å². The van der Waals surface area contributed by atoms with E-state index in [1.54, 1.807) is 0 Å². The molecule has 0 aliphatic carbocycles. The molecule has 0 bridgehead atoms. The minimum Gasteiger partial charge on any atom is -0.484 e. The van der Waals surface area contributed by atoms with Gasteiger partial charge in [0.2, 0.25) is 0 Å². The summed E-state index contributed by atoms with van der Waals surface area (Å²) in [6, 6.07) is 9.65. The number of rotatable bonds is 4. The van der Waals surface area contributed by atoms with Crippen molar-refractivity contribution >= 4 is 5.91 Å². The van der Waals surface area contributed by atoms with Crippen LogP contribution in [0.25, 0.3) is 0 Å². The van der Waals surface area contributed by atoms with Crippen LogP contribution in [-0.4, -0.2) is 43.6 Å². The van der Waals surface area contributed by atoms with Gasteiger partial charge in [0.25, 0.3) is 5.91 Å². The molecule has 1 unspecified atom stereocenters. The highest BCUT2D eigenvalue weighted by Crippen LogP contribution is 2.08. The van der Waals surface area contributed by atoms with E-state index in [1.165, 1.54) is 0 Å². The quantitative estimate of drug-likeness (QED) is 0.841. The van der Waals surface area contributed by atoms with Crippen molar-refractivity contribution in [3.05, 3.63) is 30.3 Å². The molecule has 1 amide bonds. The number of carbonyl (C=O) groups is 1. The Morgan fingerprint density at radius 2 is 2.24 bits per heavy atom. The van der Waals surface area contributed by atoms with Crippen LogP contribution in [0.3, 0.4) is 0 Å². The first-order valence-electron chi connectivity index (χ1n) is 5.90. The molecule has 1 heterocycles. The molecule has 2 rings (SSSR count). The molecule has 92 valence electrons. The molecule has 0 radical (unpaired) electrons. The number of nitrogens with zero attached hydrogens (tertiary/aromatic N) is 1. The van der Waals surface area contributed by atoms with Gasteiger partial charge in [0.05, 0.1) is 0 Å². The summed E-state index contributed by atoms with van der Waals surface area (Å²) < 4.78 is 5.38. The lowest BCUT2D eigenvalue weighted by Crippen LogP contribution is -2.39. The van der Waals surface area contributed by atoms with Crippen molar-refractivity contribution in [1.29, 1.82) is 0 Å². The number of ether oxygens (including phenoxy) is 1. The second-order valence-electron chi connectivity index (χ2n) is 4.42. The van der Waals surface area contributed by atoms with Gasteiger partial charge in [-0.1, -0.05) is 18.2 Å². The molecule has 1 aliphatic rings. The Morgan fingerprint density at radius 1 is 1.47 bits per heavy atom. The van der Waals surface area contributed by atoms with E-state index in [9.17, 15) is 4.79 Å². The maximum Gasteiger partial charge on any atom is 0.258 e. The summed E-state index contributed by atoms with van der Waals surface area (Å²) in [5.74, 6) is 0.681. The van der Waals surface area contributed by atoms with Crippen molar-refractivity contribution in [3.63, 3.8) is 0 Å². The zero-order chi connectivity index (χ0) is 12.1. The van der Waals surface area contributed by atoms with E-state index >= 15 is 0 Å². The van der Waals surface area contributed by atoms with Gasteiger partial charge in [-0.25, -0.2) is 0 Å². The van der Waals surface area contributed by atoms with Gasteiger partial charge in [-0.2, -0.15) is 0 Å². The molecule has 0 spiro atoms. The number of benzene rings is 1. The number of para-hydroxylation sites is 1. The monoisotopic (exact) mass is 234 g/mol. The smallest absolute Gasteiger partial charge is 0.258 e. The van der Waals surface area contributed by atoms with Crippen LogP contribution >= 0.6 is 0 Å². The second-order valence-corrected chi connectivity index (χ2v) is 4.42. The number of amides is 1. The highest BCUT2D eigenvalue weighted by Gasteiger charge is 2.20. The standard InChI is InChI=1S/C13H18N2O2/c1-15-8-7-11(9-15)14-13(16)10-17-12-5-3-2-4-6-12/h2-6,11H,7-10H2,1H3,(H,14,16). The third-order valence-corrected chi connectivity index (χ3v) is 2.87. The molecule has 4 heteroatoms. The minimum absolute atomic E-state index is 0.0471. The minimum atomic E-state index is -0.0471. The number of carbonyl (C=O) groups excluding carboxylic acids is 1. The fourth-order valence-corrected chi connectivity index (χ4v) is 1.99. The topological polar surface area (TPSA) is 41.6 Å². The van der Waals surface area contributed by atoms with Crippen LogP contribution in [0.4, 0.5) is 0 Å². The van der Waals surface area contributed by atoms with Crippen molar-refractivity contribution in [2.75, 3.05) is 26.7 Å². The Hall–Kier alpha value is -1.55. The predicted molar refractivity (Wildman–Crippen MR) is 66.0 cm³/mol. The summed E-state index contributed by atoms with van der Waals surface area (Å²) >= 11 is 0. The summed E-state index contributed by atoms with van der Waals surface area (Å²) in [6.07, 6.45) is 1.02. The predicted octanol–water partition coefficient (Wildman–Crippen LogP) is 0.886. The first kappa shape index (κ1) is 11.9. The maximum absolute atomic E-state index is 11.6. The molecule has 1 aromatic rings. The van der Waals surface area contributed by atoms with Crippen molar-refractivity contribution in [2.45, 2.75) is 12.5 Å². The molecule has 1 atom stereocenters. The first-order chi connectivity index (χ1) is 8.24. The van der Waals surface area contributed by atoms with E-state index in [0.717, 1.165) is 25.3 Å². The number of hydrogen-bond donors (Lipinski definition) is 1. The van der Waals surface area contributed by atoms with Crippen LogP contribution in [0.1, 0.15) is 6.42 Å². The summed E-state index contributed by atoms with van der Waals surface area (Å²) in [4.78, 5) is 13.8. The molecular weight excluding hydrogens is 216 g/mol. The van der Waals surface area contributed by atoms with Crippen molar-refractivity contribution in [1.82, 2.24) is 10.2 Å². The molecule has 1 aromatic carbocycles. The molecule has 0 saturated carbocycles. The Kier molecular flexibility index (Phi) is 3.98. The van der Waals surface area contributed by atoms with Crippen molar-refractivity contribution in [3.8, 4) is 5.75 Å². The highest BCUT2D eigenvalue weighted by molar-refractivity contribution is 5.77. The maximum atomic E-state index is 11.6. The van der Waals surface area contributed by atoms with Gasteiger partial charge in [-0.05, 0) is 32.1 Å². The molecule has 1 fully saturated rings. The van der Waals surface area contributed by atoms with Gasteiger partial charge in [-0.3, -0.25) is 4.79 Å². The molecule has 1 aliphatic heterocycles. The molecule has 1 N–H and O–H groups in total. The zero-order valence-corrected chi connectivity index (χ0v) is 10.1. The summed E-state index contributed by atoms with van der Waals surface area (Å²) in [5.41, 5.74) is 0. The lowest BCUT2D eigenvalue weighted by Gasteiger charge is -2.13. The Bertz CT molecular complexity index is 367. The average Bonchev–Trinajstić information content (AvgIpc) is 2.73. The number of nitrogens with one attached hydrogen (secondary N) is 1. The van der Waals surface area contributed by atoms with Crippen LogP contribution in [0, 0.1) is 0 Å². The normalized spacial score (nSPS) is 20.2. The highest BCUT2D eigenvalue weighted by atomic mass is 16.5. The van der Waals surface area contributed by atoms with Gasteiger partial charge in [0.15, 0.2) is 6.61 Å². The number of likely N-dealkylation sites (N-methyl/N-ethyl adjacent to an activating group) is 1. The van der Waals surface area contributed by atoms with Crippen LogP contribution in [-0.2, 0) is 4.79 Å². The summed E-state index contributed by atoms with van der Waals surface area (Å²) in [7, 11) is 2.06. The zero-order valence-electron chi connectivity index (χ0n) is 10.1. The second kappa shape index (κ2) is 5.68. The van der Waals surface area contributed by atoms with E-state index < -0.39 is 0 Å². The van der Waals surface area contributed by atoms with Gasteiger partial charge in [-0.15, -0.1) is 0 Å². The van der Waals surface area contributed by atoms with E-state index in [1.807, 2.05) is 30.3 Å². The van der Waals surface area contributed by atoms with E-state index in [2.05, 4.69) is 17.3 Å². The Labute approximate surface area is 102 Å². The fraction of sp³-hybridized carbons (Fsp3) is 0.462. The van der Waals surface area contributed by atoms with Crippen LogP contribution in [0.15, 0.2) is 30.3 Å². The Morgan fingerprint density at radius 3 is 2.88 bits per heavy atom.